The summed E-state index contributed by atoms with van der Waals surface area (Å²) in [5.41, 5.74) is -1.04. The number of nitrogens with one attached hydrogen (secondary N) is 1. The van der Waals surface area contributed by atoms with E-state index in [4.69, 9.17) is 0 Å². The van der Waals surface area contributed by atoms with Gasteiger partial charge in [0.15, 0.2) is 11.9 Å². The van der Waals surface area contributed by atoms with Crippen LogP contribution in [0.5, 0.6) is 0 Å². The van der Waals surface area contributed by atoms with Crippen LogP contribution in [0.25, 0.3) is 0 Å². The lowest BCUT2D eigenvalue weighted by molar-refractivity contribution is -0.141. The summed E-state index contributed by atoms with van der Waals surface area (Å²) in [4.78, 5) is 23.3. The van der Waals surface area contributed by atoms with E-state index >= 15 is 0 Å². The third kappa shape index (κ3) is 3.26. The molecule has 7 nitrogen and oxygen atoms in total. The van der Waals surface area contributed by atoms with Gasteiger partial charge < -0.3 is 15.1 Å². The lowest BCUT2D eigenvalue weighted by Gasteiger charge is -2.24. The number of halogens is 3. The number of nitriles is 1. The molecule has 0 aliphatic carbocycles. The van der Waals surface area contributed by atoms with E-state index in [2.05, 4.69) is 21.5 Å². The van der Waals surface area contributed by atoms with Crippen molar-refractivity contribution in [3.8, 4) is 6.19 Å². The van der Waals surface area contributed by atoms with Crippen molar-refractivity contribution in [2.24, 2.45) is 5.92 Å². The van der Waals surface area contributed by atoms with Gasteiger partial charge in [0.2, 0.25) is 5.91 Å². The van der Waals surface area contributed by atoms with Gasteiger partial charge in [-0.1, -0.05) is 0 Å². The van der Waals surface area contributed by atoms with Crippen molar-refractivity contribution in [2.75, 3.05) is 18.0 Å². The third-order valence-corrected chi connectivity index (χ3v) is 5.78. The molecule has 0 aromatic carbocycles. The first-order valence-electron chi connectivity index (χ1n) is 8.99. The minimum absolute atomic E-state index is 0.0294. The molecule has 3 fully saturated rings. The number of hydrogen-bond donors (Lipinski definition) is 1. The van der Waals surface area contributed by atoms with Gasteiger partial charge in [0, 0.05) is 19.1 Å². The molecule has 3 aliphatic rings. The van der Waals surface area contributed by atoms with Crippen molar-refractivity contribution < 1.29 is 18.0 Å². The standard InChI is InChI=1S/C17H19F3N6O/c18-17(19,20)14-6-22-7-15(24-14)25-4-3-10(8-25)16(27)23-12-5-11-1-2-13(12)26(11)9-21/h6-7,10-13H,1-5,8H2,(H,23,27)/t10-,11-,12+,13+/m0/s1. The molecule has 10 heteroatoms. The number of fused-ring (bicyclic) bond motifs is 2. The van der Waals surface area contributed by atoms with E-state index in [1.807, 2.05) is 0 Å². The molecule has 144 valence electrons. The van der Waals surface area contributed by atoms with Gasteiger partial charge in [-0.15, -0.1) is 0 Å². The molecule has 3 saturated heterocycles. The van der Waals surface area contributed by atoms with E-state index in [9.17, 15) is 23.2 Å². The zero-order chi connectivity index (χ0) is 19.2. The largest absolute Gasteiger partial charge is 0.434 e. The Kier molecular flexibility index (Phi) is 4.32. The topological polar surface area (TPSA) is 85.2 Å². The van der Waals surface area contributed by atoms with Crippen molar-refractivity contribution in [1.82, 2.24) is 20.2 Å². The second kappa shape index (κ2) is 6.55. The Bertz CT molecular complexity index is 779. The van der Waals surface area contributed by atoms with Gasteiger partial charge in [-0.3, -0.25) is 9.78 Å². The van der Waals surface area contributed by atoms with Crippen molar-refractivity contribution in [3.63, 3.8) is 0 Å². The molecule has 2 bridgehead atoms. The Labute approximate surface area is 154 Å². The maximum atomic E-state index is 12.8. The Morgan fingerprint density at radius 1 is 1.30 bits per heavy atom. The molecule has 0 radical (unpaired) electrons. The van der Waals surface area contributed by atoms with Gasteiger partial charge in [0.25, 0.3) is 0 Å². The van der Waals surface area contributed by atoms with E-state index in [-0.39, 0.29) is 35.8 Å². The number of amides is 1. The van der Waals surface area contributed by atoms with Gasteiger partial charge in [-0.25, -0.2) is 4.98 Å². The number of hydrogen-bond acceptors (Lipinski definition) is 6. The molecule has 4 heterocycles. The van der Waals surface area contributed by atoms with Crippen LogP contribution in [0.3, 0.4) is 0 Å². The second-order valence-corrected chi connectivity index (χ2v) is 7.35. The third-order valence-electron chi connectivity index (χ3n) is 5.78. The van der Waals surface area contributed by atoms with Crippen molar-refractivity contribution in [3.05, 3.63) is 18.1 Å². The lowest BCUT2D eigenvalue weighted by atomic mass is 9.95. The highest BCUT2D eigenvalue weighted by molar-refractivity contribution is 5.80. The van der Waals surface area contributed by atoms with E-state index < -0.39 is 11.9 Å². The van der Waals surface area contributed by atoms with Gasteiger partial charge in [0.1, 0.15) is 5.82 Å². The normalized spacial score (nSPS) is 29.9. The molecule has 27 heavy (non-hydrogen) atoms. The van der Waals surface area contributed by atoms with E-state index in [1.54, 1.807) is 9.80 Å². The summed E-state index contributed by atoms with van der Waals surface area (Å²) in [6.07, 6.45) is 2.86. The quantitative estimate of drug-likeness (QED) is 0.801. The molecule has 1 N–H and O–H groups in total. The summed E-state index contributed by atoms with van der Waals surface area (Å²) in [6, 6.07) is 0.250. The van der Waals surface area contributed by atoms with Crippen molar-refractivity contribution in [1.29, 1.82) is 5.26 Å². The number of carbonyl (C=O) groups excluding carboxylic acids is 1. The fourth-order valence-corrected chi connectivity index (χ4v) is 4.43. The number of alkyl halides is 3. The van der Waals surface area contributed by atoms with Gasteiger partial charge in [-0.2, -0.15) is 18.4 Å². The number of rotatable bonds is 3. The number of aromatic nitrogens is 2. The van der Waals surface area contributed by atoms with E-state index in [0.717, 1.165) is 19.3 Å². The minimum atomic E-state index is -4.55. The predicted molar refractivity (Wildman–Crippen MR) is 88.2 cm³/mol. The Balaban J connectivity index is 1.37. The first-order valence-corrected chi connectivity index (χ1v) is 8.99. The van der Waals surface area contributed by atoms with Gasteiger partial charge >= 0.3 is 6.18 Å². The average Bonchev–Trinajstić information content (AvgIpc) is 3.35. The Morgan fingerprint density at radius 2 is 2.11 bits per heavy atom. The maximum absolute atomic E-state index is 12.8. The zero-order valence-corrected chi connectivity index (χ0v) is 14.5. The molecule has 1 aromatic rings. The van der Waals surface area contributed by atoms with Crippen LogP contribution >= 0.6 is 0 Å². The summed E-state index contributed by atoms with van der Waals surface area (Å²) in [5.74, 6) is -0.278. The number of carbonyl (C=O) groups is 1. The molecule has 0 saturated carbocycles. The van der Waals surface area contributed by atoms with Gasteiger partial charge in [0.05, 0.1) is 30.4 Å². The fourth-order valence-electron chi connectivity index (χ4n) is 4.43. The summed E-state index contributed by atoms with van der Waals surface area (Å²) in [6.45, 7) is 0.764. The number of nitrogens with zero attached hydrogens (tertiary/aromatic N) is 5. The smallest absolute Gasteiger partial charge is 0.355 e. The summed E-state index contributed by atoms with van der Waals surface area (Å²) >= 11 is 0. The Morgan fingerprint density at radius 3 is 2.81 bits per heavy atom. The highest BCUT2D eigenvalue weighted by Crippen LogP contribution is 2.37. The van der Waals surface area contributed by atoms with Crippen LogP contribution in [0, 0.1) is 17.4 Å². The lowest BCUT2D eigenvalue weighted by Crippen LogP contribution is -2.46. The van der Waals surface area contributed by atoms with E-state index in [1.165, 1.54) is 6.20 Å². The second-order valence-electron chi connectivity index (χ2n) is 7.35. The van der Waals surface area contributed by atoms with Crippen LogP contribution < -0.4 is 10.2 Å². The van der Waals surface area contributed by atoms with Crippen LogP contribution in [0.4, 0.5) is 19.0 Å². The molecule has 0 spiro atoms. The van der Waals surface area contributed by atoms with Gasteiger partial charge in [-0.05, 0) is 25.7 Å². The molecular formula is C17H19F3N6O. The predicted octanol–water partition coefficient (Wildman–Crippen LogP) is 1.52. The molecular weight excluding hydrogens is 361 g/mol. The van der Waals surface area contributed by atoms with Crippen LogP contribution in [0.15, 0.2) is 12.4 Å². The van der Waals surface area contributed by atoms with Crippen LogP contribution in [-0.2, 0) is 11.0 Å². The Hall–Kier alpha value is -2.57. The van der Waals surface area contributed by atoms with Crippen LogP contribution in [-0.4, -0.2) is 52.0 Å². The van der Waals surface area contributed by atoms with Crippen LogP contribution in [0.2, 0.25) is 0 Å². The first kappa shape index (κ1) is 17.8. The molecule has 1 aromatic heterocycles. The van der Waals surface area contributed by atoms with Crippen LogP contribution in [0.1, 0.15) is 31.4 Å². The number of anilines is 1. The molecule has 0 unspecified atom stereocenters. The first-order chi connectivity index (χ1) is 12.9. The average molecular weight is 380 g/mol. The van der Waals surface area contributed by atoms with E-state index in [0.29, 0.717) is 25.7 Å². The highest BCUT2D eigenvalue weighted by Gasteiger charge is 2.47. The summed E-state index contributed by atoms with van der Waals surface area (Å²) < 4.78 is 38.4. The minimum Gasteiger partial charge on any atom is -0.355 e. The fraction of sp³-hybridized carbons (Fsp3) is 0.647. The monoisotopic (exact) mass is 380 g/mol. The molecule has 1 amide bonds. The molecule has 4 rings (SSSR count). The summed E-state index contributed by atoms with van der Waals surface area (Å²) in [5, 5.41) is 12.3. The van der Waals surface area contributed by atoms with Crippen molar-refractivity contribution >= 4 is 11.7 Å². The zero-order valence-electron chi connectivity index (χ0n) is 14.5. The highest BCUT2D eigenvalue weighted by atomic mass is 19.4. The molecule has 3 aliphatic heterocycles. The SMILES string of the molecule is N#CN1[C@H]2CC[C@@H]1[C@H](NC(=O)[C@H]1CCN(c3cncc(C(F)(F)F)n3)C1)C2. The maximum Gasteiger partial charge on any atom is 0.434 e. The van der Waals surface area contributed by atoms with Crippen molar-refractivity contribution in [2.45, 2.75) is 50.0 Å². The molecule has 4 atom stereocenters. The summed E-state index contributed by atoms with van der Waals surface area (Å²) in [7, 11) is 0.